The molecule has 10 nitrogen and oxygen atoms in total. The molecule has 0 saturated heterocycles. The van der Waals surface area contributed by atoms with Crippen LogP contribution in [0.3, 0.4) is 0 Å². The molecule has 10 heteroatoms. The fourth-order valence-electron chi connectivity index (χ4n) is 6.42. The summed E-state index contributed by atoms with van der Waals surface area (Å²) in [4.78, 5) is 12.9. The van der Waals surface area contributed by atoms with Gasteiger partial charge >= 0.3 is 0 Å². The number of fused-ring (bicyclic) bond motifs is 3. The average Bonchev–Trinajstić information content (AvgIpc) is 3.93. The minimum Gasteiger partial charge on any atom is -0.493 e. The number of ether oxygens (including phenoxy) is 2. The normalized spacial score (nSPS) is 13.2. The Morgan fingerprint density at radius 2 is 1.15 bits per heavy atom. The smallest absolute Gasteiger partial charge is 0.231 e. The molecule has 5 aromatic carbocycles. The number of benzene rings is 5. The summed E-state index contributed by atoms with van der Waals surface area (Å²) in [7, 11) is 0. The van der Waals surface area contributed by atoms with Gasteiger partial charge in [-0.3, -0.25) is 9.13 Å². The van der Waals surface area contributed by atoms with Crippen molar-refractivity contribution in [2.75, 3.05) is 6.79 Å². The van der Waals surface area contributed by atoms with Gasteiger partial charge in [0, 0.05) is 28.7 Å². The number of aliphatic hydroxyl groups excluding tert-OH is 2. The van der Waals surface area contributed by atoms with Gasteiger partial charge in [-0.05, 0) is 103 Å². The topological polar surface area (TPSA) is 128 Å². The summed E-state index contributed by atoms with van der Waals surface area (Å²) in [5.41, 5.74) is 10.9. The summed E-state index contributed by atoms with van der Waals surface area (Å²) >= 11 is 0. The van der Waals surface area contributed by atoms with Crippen LogP contribution in [-0.4, -0.2) is 46.2 Å². The monoisotopic (exact) mass is 689 g/mol. The molecule has 0 spiro atoms. The molecule has 52 heavy (non-hydrogen) atoms. The molecule has 2 atom stereocenters. The Morgan fingerprint density at radius 1 is 0.596 bits per heavy atom. The van der Waals surface area contributed by atoms with Gasteiger partial charge in [0.1, 0.15) is 12.7 Å². The van der Waals surface area contributed by atoms with Gasteiger partial charge in [-0.1, -0.05) is 48.5 Å². The van der Waals surface area contributed by atoms with Crippen molar-refractivity contribution >= 4 is 22.1 Å². The summed E-state index contributed by atoms with van der Waals surface area (Å²) in [6.07, 6.45) is 4.10. The molecule has 258 valence electrons. The number of para-hydroxylation sites is 1. The maximum Gasteiger partial charge on any atom is 0.231 e. The highest BCUT2D eigenvalue weighted by Gasteiger charge is 2.19. The third-order valence-corrected chi connectivity index (χ3v) is 9.16. The highest BCUT2D eigenvalue weighted by Crippen LogP contribution is 2.41. The molecule has 3 aromatic heterocycles. The van der Waals surface area contributed by atoms with Crippen molar-refractivity contribution in [3.63, 3.8) is 0 Å². The lowest BCUT2D eigenvalue weighted by atomic mass is 10.0. The van der Waals surface area contributed by atoms with Crippen LogP contribution in [0.5, 0.6) is 17.4 Å². The maximum absolute atomic E-state index is 9.99. The summed E-state index contributed by atoms with van der Waals surface area (Å²) < 4.78 is 15.2. The second kappa shape index (κ2) is 13.7. The number of imidazole rings is 2. The molecule has 2 unspecified atom stereocenters. The quantitative estimate of drug-likeness (QED) is 0.159. The predicted molar refractivity (Wildman–Crippen MR) is 200 cm³/mol. The van der Waals surface area contributed by atoms with Gasteiger partial charge in [0.05, 0.1) is 34.3 Å². The molecule has 1 aliphatic rings. The molecule has 0 radical (unpaired) electrons. The standard InChI is InChI=1S/C22H18N2O3.C20H17N3O2/c1-14(25)15-8-9-20-19(11-15)23-12-24(20)17-5-2-4-16(10-17)18-6-3-7-21-22(18)27-13-26-21;1-13(24)14-7-8-19-18(11-14)22-12-23(19)16-5-2-4-15(10-16)17-6-3-9-21-20(17)25/h2-12,14,25H,13H2,1H3;2-13,24H,1H3,(H,21,25). The van der Waals surface area contributed by atoms with Crippen LogP contribution in [0.1, 0.15) is 37.2 Å². The third-order valence-electron chi connectivity index (χ3n) is 9.16. The molecule has 9 rings (SSSR count). The van der Waals surface area contributed by atoms with Gasteiger partial charge in [0.25, 0.3) is 0 Å². The highest BCUT2D eigenvalue weighted by molar-refractivity contribution is 5.81. The first kappa shape index (κ1) is 32.7. The first-order valence-corrected chi connectivity index (χ1v) is 16.9. The fraction of sp³-hybridized carbons (Fsp3) is 0.119. The minimum absolute atomic E-state index is 0.0108. The Labute approximate surface area is 299 Å². The van der Waals surface area contributed by atoms with Crippen LogP contribution in [0.15, 0.2) is 134 Å². The molecule has 0 aliphatic carbocycles. The molecular weight excluding hydrogens is 654 g/mol. The van der Waals surface area contributed by atoms with E-state index in [0.717, 1.165) is 72.8 Å². The maximum atomic E-state index is 9.99. The zero-order valence-electron chi connectivity index (χ0n) is 28.5. The number of pyridine rings is 1. The van der Waals surface area contributed by atoms with E-state index in [9.17, 15) is 15.3 Å². The molecule has 0 amide bonds. The third kappa shape index (κ3) is 6.21. The van der Waals surface area contributed by atoms with E-state index >= 15 is 0 Å². The first-order chi connectivity index (χ1) is 25.3. The van der Waals surface area contributed by atoms with Crippen LogP contribution < -0.4 is 9.47 Å². The molecule has 1 aliphatic heterocycles. The average molecular weight is 690 g/mol. The number of rotatable bonds is 6. The van der Waals surface area contributed by atoms with E-state index in [0.29, 0.717) is 5.56 Å². The van der Waals surface area contributed by atoms with Crippen molar-refractivity contribution in [3.8, 4) is 51.0 Å². The summed E-state index contributed by atoms with van der Waals surface area (Å²) in [6.45, 7) is 3.75. The summed E-state index contributed by atoms with van der Waals surface area (Å²) in [5, 5.41) is 29.5. The molecular formula is C42H35N5O5. The number of aromatic hydroxyl groups is 1. The van der Waals surface area contributed by atoms with Gasteiger partial charge in [-0.15, -0.1) is 0 Å². The molecule has 0 bridgehead atoms. The summed E-state index contributed by atoms with van der Waals surface area (Å²) in [5.74, 6) is 1.57. The number of hydrogen-bond acceptors (Lipinski definition) is 8. The van der Waals surface area contributed by atoms with Gasteiger partial charge in [0.15, 0.2) is 11.5 Å². The number of hydrogen-bond donors (Lipinski definition) is 3. The zero-order valence-corrected chi connectivity index (χ0v) is 28.5. The fourth-order valence-corrected chi connectivity index (χ4v) is 6.42. The Kier molecular flexibility index (Phi) is 8.60. The van der Waals surface area contributed by atoms with Crippen LogP contribution in [0.4, 0.5) is 0 Å². The van der Waals surface area contributed by atoms with Crippen LogP contribution in [0.2, 0.25) is 0 Å². The molecule has 0 fully saturated rings. The Bertz CT molecular complexity index is 2560. The first-order valence-electron chi connectivity index (χ1n) is 16.9. The molecule has 4 heterocycles. The molecule has 3 N–H and O–H groups in total. The second-order valence-electron chi connectivity index (χ2n) is 12.6. The predicted octanol–water partition coefficient (Wildman–Crippen LogP) is 8.32. The van der Waals surface area contributed by atoms with Crippen LogP contribution >= 0.6 is 0 Å². The van der Waals surface area contributed by atoms with E-state index in [1.165, 1.54) is 0 Å². The van der Waals surface area contributed by atoms with Crippen molar-refractivity contribution in [2.24, 2.45) is 0 Å². The largest absolute Gasteiger partial charge is 0.493 e. The second-order valence-corrected chi connectivity index (χ2v) is 12.6. The van der Waals surface area contributed by atoms with E-state index in [1.807, 2.05) is 113 Å². The van der Waals surface area contributed by atoms with E-state index in [1.54, 1.807) is 32.4 Å². The zero-order chi connectivity index (χ0) is 35.8. The van der Waals surface area contributed by atoms with Crippen LogP contribution in [0, 0.1) is 0 Å². The van der Waals surface area contributed by atoms with Crippen molar-refractivity contribution in [3.05, 3.63) is 145 Å². The summed E-state index contributed by atoms with van der Waals surface area (Å²) in [6, 6.07) is 37.3. The van der Waals surface area contributed by atoms with E-state index in [4.69, 9.17) is 9.47 Å². The highest BCUT2D eigenvalue weighted by atomic mass is 16.7. The van der Waals surface area contributed by atoms with Gasteiger partial charge in [-0.2, -0.15) is 0 Å². The number of nitrogens with zero attached hydrogens (tertiary/aromatic N) is 5. The van der Waals surface area contributed by atoms with Crippen LogP contribution in [-0.2, 0) is 0 Å². The van der Waals surface area contributed by atoms with Crippen LogP contribution in [0.25, 0.3) is 55.7 Å². The van der Waals surface area contributed by atoms with E-state index in [2.05, 4.69) is 27.1 Å². The van der Waals surface area contributed by atoms with Gasteiger partial charge < -0.3 is 24.8 Å². The lowest BCUT2D eigenvalue weighted by Crippen LogP contribution is -1.95. The van der Waals surface area contributed by atoms with Crippen molar-refractivity contribution < 1.29 is 24.8 Å². The van der Waals surface area contributed by atoms with Gasteiger partial charge in [0.2, 0.25) is 12.7 Å². The Morgan fingerprint density at radius 3 is 1.73 bits per heavy atom. The van der Waals surface area contributed by atoms with E-state index < -0.39 is 12.2 Å². The molecule has 8 aromatic rings. The van der Waals surface area contributed by atoms with Crippen molar-refractivity contribution in [1.29, 1.82) is 0 Å². The Balaban J connectivity index is 0.000000149. The van der Waals surface area contributed by atoms with Gasteiger partial charge in [-0.25, -0.2) is 15.0 Å². The lowest BCUT2D eigenvalue weighted by molar-refractivity contribution is 0.174. The Hall–Kier alpha value is -6.49. The number of aliphatic hydroxyl groups is 2. The molecule has 0 saturated carbocycles. The van der Waals surface area contributed by atoms with E-state index in [-0.39, 0.29) is 12.7 Å². The van der Waals surface area contributed by atoms with Crippen molar-refractivity contribution in [1.82, 2.24) is 24.1 Å². The SMILES string of the molecule is CC(O)c1ccc2c(c1)ncn2-c1cccc(-c2cccc3c2OCO3)c1.CC(O)c1ccc2c(c1)ncn2-c1cccc(-c2cccnc2O)c1. The minimum atomic E-state index is -0.522. The van der Waals surface area contributed by atoms with Crippen molar-refractivity contribution in [2.45, 2.75) is 26.1 Å². The number of aromatic nitrogens is 5. The lowest BCUT2D eigenvalue weighted by Gasteiger charge is -2.10.